The van der Waals surface area contributed by atoms with E-state index in [1.807, 2.05) is 148 Å². The van der Waals surface area contributed by atoms with Crippen LogP contribution in [-0.4, -0.2) is 190 Å². The number of aromatic nitrogens is 7. The summed E-state index contributed by atoms with van der Waals surface area (Å²) in [5.41, 5.74) is 2.52. The number of likely N-dealkylation sites (N-methyl/N-ethyl adjacent to an activating group) is 1. The molecule has 0 unspecified atom stereocenters. The van der Waals surface area contributed by atoms with E-state index in [0.29, 0.717) is 6.73 Å². The fourth-order valence-corrected chi connectivity index (χ4v) is 7.65. The van der Waals surface area contributed by atoms with Gasteiger partial charge in [0.15, 0.2) is 6.73 Å². The predicted molar refractivity (Wildman–Crippen MR) is 283 cm³/mol. The molecule has 0 atom stereocenters. The van der Waals surface area contributed by atoms with Crippen molar-refractivity contribution in [1.82, 2.24) is 63.7 Å². The van der Waals surface area contributed by atoms with Gasteiger partial charge in [-0.05, 0) is 105 Å². The largest absolute Gasteiger partial charge is 0.478 e. The van der Waals surface area contributed by atoms with Gasteiger partial charge >= 0.3 is 0 Å². The summed E-state index contributed by atoms with van der Waals surface area (Å²) >= 11 is 6.50. The molecule has 21 nitrogen and oxygen atoms in total. The normalized spacial score (nSPS) is 16.6. The lowest BCUT2D eigenvalue weighted by Gasteiger charge is -2.19. The van der Waals surface area contributed by atoms with Crippen LogP contribution in [0.1, 0.15) is 94.1 Å². The smallest absolute Gasteiger partial charge is 0.204 e. The number of nitrogens with zero attached hydrogens (tertiary/aromatic N) is 19. The van der Waals surface area contributed by atoms with Gasteiger partial charge in [-0.15, -0.1) is 22.0 Å². The first-order valence-electron chi connectivity index (χ1n) is 21.8. The second-order valence-electron chi connectivity index (χ2n) is 15.4. The van der Waals surface area contributed by atoms with Crippen molar-refractivity contribution in [3.05, 3.63) is 39.6 Å². The SMILES string of the molecule is CC1=NN(C)CC1.CC1=NN(C)CCC1.CC1=NN(C)CCO1.CC1=NN(C)CCS1.CC1=NN(C)CO1.CC1=NN(C)CS1.Cc1ncnc(C)n1.Cc1nsc(C)n1.Cc1nsc(C)n1. The van der Waals surface area contributed by atoms with Crippen molar-refractivity contribution < 1.29 is 9.47 Å². The molecule has 25 heteroatoms. The third-order valence-electron chi connectivity index (χ3n) is 8.19. The summed E-state index contributed by atoms with van der Waals surface area (Å²) in [4.78, 5) is 19.6. The molecule has 9 heterocycles. The van der Waals surface area contributed by atoms with E-state index in [9.17, 15) is 0 Å². The maximum atomic E-state index is 5.06. The fourth-order valence-electron chi connectivity index (χ4n) is 5.22. The van der Waals surface area contributed by atoms with Gasteiger partial charge in [0, 0.05) is 99.4 Å². The highest BCUT2D eigenvalue weighted by atomic mass is 32.2. The van der Waals surface area contributed by atoms with E-state index >= 15 is 0 Å². The summed E-state index contributed by atoms with van der Waals surface area (Å²) in [7, 11) is 11.8. The molecule has 0 spiro atoms. The average molecular weight is 1010 g/mol. The fraction of sp³-hybridized carbons (Fsp3) is 0.690. The van der Waals surface area contributed by atoms with Crippen molar-refractivity contribution >= 4 is 79.9 Å². The lowest BCUT2D eigenvalue weighted by atomic mass is 10.2. The molecule has 376 valence electrons. The molecule has 6 aliphatic rings. The monoisotopic (exact) mass is 1010 g/mol. The first kappa shape index (κ1) is 60.3. The van der Waals surface area contributed by atoms with Gasteiger partial charge in [0.25, 0.3) is 0 Å². The van der Waals surface area contributed by atoms with Crippen LogP contribution in [-0.2, 0) is 9.47 Å². The quantitative estimate of drug-likeness (QED) is 0.221. The molecule has 0 saturated carbocycles. The highest BCUT2D eigenvalue weighted by molar-refractivity contribution is 8.14. The average Bonchev–Trinajstić information content (AvgIpc) is 4.09. The standard InChI is InChI=1S/C6H12N2.C5H7N3.C5H10N2O.C5H10N2S.C5H10N2.C4H8N2O.C4H8N2S.2C4H6N2S/c1-6-4-3-5-8(2)7-6;1-4-6-3-7-5(2)8-4;2*1-5-6-7(2)3-4-8-5;1-5-3-4-7(2)6-5;2*1-4-5-6(2)3-7-4;2*1-3-5-4(2)7-6-3/h3-5H2,1-2H3;3H,1-2H3;2*3-4H2,1-2H3;3-4H2,1-2H3;2*3H2,1-2H3;2*1-2H3. The Morgan fingerprint density at radius 2 is 0.955 bits per heavy atom. The lowest BCUT2D eigenvalue weighted by Crippen LogP contribution is -2.25. The van der Waals surface area contributed by atoms with E-state index in [4.69, 9.17) is 9.47 Å². The minimum atomic E-state index is 0.603. The molecule has 0 bridgehead atoms. The molecule has 9 rings (SSSR count). The Morgan fingerprint density at radius 3 is 1.18 bits per heavy atom. The van der Waals surface area contributed by atoms with E-state index in [1.54, 1.807) is 16.8 Å². The van der Waals surface area contributed by atoms with Crippen LogP contribution in [0.4, 0.5) is 0 Å². The number of hydrogen-bond donors (Lipinski definition) is 0. The summed E-state index contributed by atoms with van der Waals surface area (Å²) in [6.45, 7) is 28.8. The van der Waals surface area contributed by atoms with Gasteiger partial charge in [-0.25, -0.2) is 24.9 Å². The molecular formula is C42H77N19O2S4. The molecule has 0 amide bonds. The molecule has 3 aromatic heterocycles. The zero-order valence-corrected chi connectivity index (χ0v) is 46.6. The van der Waals surface area contributed by atoms with Crippen LogP contribution in [0.15, 0.2) is 36.9 Å². The number of thioether (sulfide) groups is 2. The Morgan fingerprint density at radius 1 is 0.463 bits per heavy atom. The van der Waals surface area contributed by atoms with Crippen molar-refractivity contribution in [2.45, 2.75) is 102 Å². The van der Waals surface area contributed by atoms with E-state index in [2.05, 4.69) is 78.1 Å². The molecule has 0 saturated heterocycles. The molecule has 67 heavy (non-hydrogen) atoms. The number of hydrazone groups is 6. The Hall–Kier alpha value is -4.75. The maximum absolute atomic E-state index is 5.06. The van der Waals surface area contributed by atoms with Gasteiger partial charge in [-0.1, -0.05) is 11.8 Å². The van der Waals surface area contributed by atoms with Crippen LogP contribution in [0.5, 0.6) is 0 Å². The Bertz CT molecular complexity index is 1810. The Labute approximate surface area is 417 Å². The molecule has 0 aliphatic carbocycles. The minimum absolute atomic E-state index is 0.603. The Balaban J connectivity index is 0.000000377. The van der Waals surface area contributed by atoms with E-state index in [0.717, 1.165) is 90.2 Å². The summed E-state index contributed by atoms with van der Waals surface area (Å²) < 4.78 is 17.9. The van der Waals surface area contributed by atoms with Crippen LogP contribution in [0, 0.1) is 41.5 Å². The van der Waals surface area contributed by atoms with Gasteiger partial charge in [0.2, 0.25) is 11.8 Å². The van der Waals surface area contributed by atoms with Crippen LogP contribution in [0.2, 0.25) is 0 Å². The molecule has 0 fully saturated rings. The minimum Gasteiger partial charge on any atom is -0.478 e. The van der Waals surface area contributed by atoms with Gasteiger partial charge in [-0.3, -0.25) is 25.0 Å². The zero-order chi connectivity index (χ0) is 50.3. The van der Waals surface area contributed by atoms with Crippen LogP contribution in [0.3, 0.4) is 0 Å². The lowest BCUT2D eigenvalue weighted by molar-refractivity contribution is 0.189. The van der Waals surface area contributed by atoms with Crippen molar-refractivity contribution in [2.24, 2.45) is 30.6 Å². The third-order valence-corrected chi connectivity index (χ3v) is 11.5. The van der Waals surface area contributed by atoms with Gasteiger partial charge in [0.05, 0.1) is 22.5 Å². The molecule has 3 aromatic rings. The number of hydrogen-bond acceptors (Lipinski definition) is 25. The van der Waals surface area contributed by atoms with E-state index in [-0.39, 0.29) is 0 Å². The summed E-state index contributed by atoms with van der Waals surface area (Å²) in [6.07, 6.45) is 5.12. The molecule has 0 radical (unpaired) electrons. The molecular weight excluding hydrogens is 931 g/mol. The van der Waals surface area contributed by atoms with Crippen molar-refractivity contribution in [1.29, 1.82) is 0 Å². The zero-order valence-electron chi connectivity index (χ0n) is 43.3. The summed E-state index contributed by atoms with van der Waals surface area (Å²) in [5, 5.41) is 40.5. The van der Waals surface area contributed by atoms with Crippen LogP contribution < -0.4 is 0 Å². The van der Waals surface area contributed by atoms with Crippen molar-refractivity contribution in [3.8, 4) is 0 Å². The summed E-state index contributed by atoms with van der Waals surface area (Å²) in [5.74, 6) is 7.03. The first-order valence-corrected chi connectivity index (χ1v) is 25.3. The first-order chi connectivity index (χ1) is 31.6. The van der Waals surface area contributed by atoms with Crippen molar-refractivity contribution in [2.75, 3.05) is 93.4 Å². The molecule has 6 aliphatic heterocycles. The number of ether oxygens (including phenoxy) is 2. The second kappa shape index (κ2) is 34.5. The van der Waals surface area contributed by atoms with Crippen LogP contribution >= 0.6 is 46.6 Å². The third kappa shape index (κ3) is 33.4. The van der Waals surface area contributed by atoms with E-state index in [1.165, 1.54) is 69.5 Å². The van der Waals surface area contributed by atoms with Gasteiger partial charge < -0.3 is 14.5 Å². The van der Waals surface area contributed by atoms with Gasteiger partial charge in [0.1, 0.15) is 46.2 Å². The molecule has 0 N–H and O–H groups in total. The summed E-state index contributed by atoms with van der Waals surface area (Å²) in [6, 6.07) is 0. The number of aryl methyl sites for hydroxylation is 6. The second-order valence-corrected chi connectivity index (χ2v) is 19.7. The van der Waals surface area contributed by atoms with Gasteiger partial charge in [-0.2, -0.15) is 29.2 Å². The Kier molecular flexibility index (Phi) is 31.1. The van der Waals surface area contributed by atoms with Crippen molar-refractivity contribution in [3.63, 3.8) is 0 Å². The van der Waals surface area contributed by atoms with Crippen LogP contribution in [0.25, 0.3) is 0 Å². The highest BCUT2D eigenvalue weighted by Gasteiger charge is 2.06. The molecule has 0 aromatic carbocycles. The highest BCUT2D eigenvalue weighted by Crippen LogP contribution is 2.13. The van der Waals surface area contributed by atoms with E-state index < -0.39 is 0 Å². The maximum Gasteiger partial charge on any atom is 0.204 e. The number of rotatable bonds is 0. The topological polar surface area (TPSA) is 202 Å². The predicted octanol–water partition coefficient (Wildman–Crippen LogP) is 7.06.